The van der Waals surface area contributed by atoms with Crippen LogP contribution in [0.5, 0.6) is 11.5 Å². The number of fused-ring (bicyclic) bond motifs is 1. The molecular formula is C22H28N4O3. The summed E-state index contributed by atoms with van der Waals surface area (Å²) in [5, 5.41) is 10.5. The van der Waals surface area contributed by atoms with Crippen molar-refractivity contribution in [2.24, 2.45) is 16.0 Å². The van der Waals surface area contributed by atoms with Gasteiger partial charge in [-0.05, 0) is 30.7 Å². The van der Waals surface area contributed by atoms with Crippen LogP contribution in [0.4, 0.5) is 5.69 Å². The molecule has 2 aromatic rings. The van der Waals surface area contributed by atoms with Gasteiger partial charge in [-0.25, -0.2) is 5.84 Å². The molecule has 2 N–H and O–H groups in total. The van der Waals surface area contributed by atoms with E-state index < -0.39 is 0 Å². The van der Waals surface area contributed by atoms with E-state index in [1.807, 2.05) is 57.3 Å². The summed E-state index contributed by atoms with van der Waals surface area (Å²) in [7, 11) is 3.44. The smallest absolute Gasteiger partial charge is 0.208 e. The molecule has 0 fully saturated rings. The van der Waals surface area contributed by atoms with Gasteiger partial charge >= 0.3 is 0 Å². The molecule has 0 radical (unpaired) electrons. The van der Waals surface area contributed by atoms with Crippen LogP contribution in [0.25, 0.3) is 0 Å². The van der Waals surface area contributed by atoms with Gasteiger partial charge in [-0.3, -0.25) is 0 Å². The zero-order chi connectivity index (χ0) is 20.8. The zero-order valence-electron chi connectivity index (χ0n) is 17.4. The normalized spacial score (nSPS) is 14.9. The molecule has 0 spiro atoms. The highest BCUT2D eigenvalue weighted by molar-refractivity contribution is 6.04. The maximum atomic E-state index is 5.98. The van der Waals surface area contributed by atoms with Crippen LogP contribution in [-0.4, -0.2) is 32.4 Å². The van der Waals surface area contributed by atoms with Gasteiger partial charge < -0.3 is 19.2 Å². The molecule has 0 unspecified atom stereocenters. The van der Waals surface area contributed by atoms with Crippen molar-refractivity contribution in [2.45, 2.75) is 33.3 Å². The van der Waals surface area contributed by atoms with Crippen LogP contribution >= 0.6 is 0 Å². The lowest BCUT2D eigenvalue weighted by atomic mass is 10.0. The van der Waals surface area contributed by atoms with E-state index in [9.17, 15) is 0 Å². The number of anilines is 1. The van der Waals surface area contributed by atoms with E-state index in [1.54, 1.807) is 12.1 Å². The lowest BCUT2D eigenvalue weighted by Gasteiger charge is -2.20. The maximum Gasteiger partial charge on any atom is 0.208 e. The molecule has 1 aliphatic rings. The van der Waals surface area contributed by atoms with E-state index in [1.165, 1.54) is 0 Å². The second-order valence-corrected chi connectivity index (χ2v) is 6.80. The molecule has 1 aliphatic heterocycles. The third-order valence-electron chi connectivity index (χ3n) is 4.83. The first-order valence-electron chi connectivity index (χ1n) is 9.68. The molecule has 0 amide bonds. The summed E-state index contributed by atoms with van der Waals surface area (Å²) in [6.45, 7) is 4.96. The molecule has 0 aliphatic carbocycles. The van der Waals surface area contributed by atoms with Gasteiger partial charge in [0.05, 0.1) is 25.1 Å². The topological polar surface area (TPSA) is 81.7 Å². The predicted octanol–water partition coefficient (Wildman–Crippen LogP) is 3.83. The van der Waals surface area contributed by atoms with Crippen LogP contribution in [0, 0.1) is 6.92 Å². The Bertz CT molecular complexity index is 922. The fraction of sp³-hybridized carbons (Fsp3) is 0.364. The summed E-state index contributed by atoms with van der Waals surface area (Å²) in [5.41, 5.74) is 4.84. The Kier molecular flexibility index (Phi) is 6.72. The molecule has 0 saturated heterocycles. The van der Waals surface area contributed by atoms with E-state index in [0.717, 1.165) is 28.1 Å². The van der Waals surface area contributed by atoms with E-state index in [4.69, 9.17) is 20.1 Å². The van der Waals surface area contributed by atoms with Crippen molar-refractivity contribution in [1.29, 1.82) is 0 Å². The average Bonchev–Trinajstić information content (AvgIpc) is 2.74. The maximum absolute atomic E-state index is 5.98. The Morgan fingerprint density at radius 1 is 1.24 bits per heavy atom. The van der Waals surface area contributed by atoms with E-state index in [0.29, 0.717) is 43.5 Å². The highest BCUT2D eigenvalue weighted by Gasteiger charge is 2.20. The molecule has 29 heavy (non-hydrogen) atoms. The predicted molar refractivity (Wildman–Crippen MR) is 116 cm³/mol. The Morgan fingerprint density at radius 2 is 2.03 bits per heavy atom. The third-order valence-corrected chi connectivity index (χ3v) is 4.83. The number of rotatable bonds is 6. The molecule has 7 nitrogen and oxygen atoms in total. The Morgan fingerprint density at radius 3 is 2.76 bits per heavy atom. The Balaban J connectivity index is 1.81. The van der Waals surface area contributed by atoms with Crippen molar-refractivity contribution in [3.05, 3.63) is 53.1 Å². The molecule has 0 aromatic heterocycles. The number of hydrogen-bond acceptors (Lipinski definition) is 7. The summed E-state index contributed by atoms with van der Waals surface area (Å²) < 4.78 is 17.1. The van der Waals surface area contributed by atoms with Gasteiger partial charge in [0.25, 0.3) is 0 Å². The van der Waals surface area contributed by atoms with Gasteiger partial charge in [0.1, 0.15) is 6.61 Å². The minimum absolute atomic E-state index is 0.384. The number of hydrazine groups is 1. The lowest BCUT2D eigenvalue weighted by molar-refractivity contribution is 0.282. The summed E-state index contributed by atoms with van der Waals surface area (Å²) in [6.07, 6.45) is 1.32. The Labute approximate surface area is 171 Å². The van der Waals surface area contributed by atoms with Crippen LogP contribution in [0.1, 0.15) is 36.5 Å². The summed E-state index contributed by atoms with van der Waals surface area (Å²) in [4.78, 5) is 0. The van der Waals surface area contributed by atoms with Gasteiger partial charge in [0.15, 0.2) is 11.5 Å². The van der Waals surface area contributed by atoms with E-state index in [-0.39, 0.29) is 0 Å². The van der Waals surface area contributed by atoms with Gasteiger partial charge in [0.2, 0.25) is 5.90 Å². The first kappa shape index (κ1) is 20.7. The number of nitrogens with two attached hydrogens (primary N) is 1. The number of hydrogen-bond donors (Lipinski definition) is 1. The van der Waals surface area contributed by atoms with Gasteiger partial charge in [-0.1, -0.05) is 25.1 Å². The number of benzene rings is 2. The van der Waals surface area contributed by atoms with E-state index in [2.05, 4.69) is 10.2 Å². The molecule has 3 rings (SSSR count). The standard InChI is InChI=1S/C22H28N4O3/c1-5-21(29-14-17-15(2)8-6-10-19(17)26(3)23)25-24-18-12-13-28-22-16(18)9-7-11-20(22)27-4/h6-11H,5,12-14,23H2,1-4H3/b24-18?,25-21-. The summed E-state index contributed by atoms with van der Waals surface area (Å²) >= 11 is 0. The van der Waals surface area contributed by atoms with Crippen molar-refractivity contribution in [2.75, 3.05) is 25.8 Å². The number of nitrogens with zero attached hydrogens (tertiary/aromatic N) is 3. The third kappa shape index (κ3) is 4.68. The minimum atomic E-state index is 0.384. The fourth-order valence-corrected chi connectivity index (χ4v) is 3.22. The number of para-hydroxylation sites is 1. The van der Waals surface area contributed by atoms with Gasteiger partial charge in [-0.2, -0.15) is 5.10 Å². The second-order valence-electron chi connectivity index (χ2n) is 6.80. The second kappa shape index (κ2) is 9.43. The highest BCUT2D eigenvalue weighted by Crippen LogP contribution is 2.34. The van der Waals surface area contributed by atoms with Crippen molar-refractivity contribution in [3.63, 3.8) is 0 Å². The van der Waals surface area contributed by atoms with Crippen molar-refractivity contribution < 1.29 is 14.2 Å². The molecule has 2 aromatic carbocycles. The molecule has 0 atom stereocenters. The van der Waals surface area contributed by atoms with Crippen molar-refractivity contribution in [3.8, 4) is 11.5 Å². The largest absolute Gasteiger partial charge is 0.493 e. The van der Waals surface area contributed by atoms with Crippen LogP contribution in [0.2, 0.25) is 0 Å². The van der Waals surface area contributed by atoms with Crippen molar-refractivity contribution in [1.82, 2.24) is 0 Å². The number of aryl methyl sites for hydroxylation is 1. The minimum Gasteiger partial charge on any atom is -0.493 e. The average molecular weight is 396 g/mol. The van der Waals surface area contributed by atoms with Crippen LogP contribution in [-0.2, 0) is 11.3 Å². The first-order chi connectivity index (χ1) is 14.0. The zero-order valence-corrected chi connectivity index (χ0v) is 17.4. The fourth-order valence-electron chi connectivity index (χ4n) is 3.22. The van der Waals surface area contributed by atoms with Crippen molar-refractivity contribution >= 4 is 17.3 Å². The molecule has 0 bridgehead atoms. The quantitative estimate of drug-likeness (QED) is 0.347. The van der Waals surface area contributed by atoms with Crippen LogP contribution < -0.4 is 20.3 Å². The Hall–Kier alpha value is -3.06. The molecular weight excluding hydrogens is 368 g/mol. The highest BCUT2D eigenvalue weighted by atomic mass is 16.5. The molecule has 1 heterocycles. The number of methoxy groups -OCH3 is 1. The summed E-state index contributed by atoms with van der Waals surface area (Å²) in [5.74, 6) is 7.93. The SMILES string of the molecule is CC/C(=N/N=C1CCOc2c(OC)cccc21)OCc1c(C)cccc1N(C)N. The summed E-state index contributed by atoms with van der Waals surface area (Å²) in [6, 6.07) is 11.8. The van der Waals surface area contributed by atoms with Gasteiger partial charge in [0, 0.05) is 31.0 Å². The van der Waals surface area contributed by atoms with Crippen LogP contribution in [0.15, 0.2) is 46.6 Å². The van der Waals surface area contributed by atoms with Crippen LogP contribution in [0.3, 0.4) is 0 Å². The molecule has 7 heteroatoms. The van der Waals surface area contributed by atoms with Gasteiger partial charge in [-0.15, -0.1) is 5.10 Å². The monoisotopic (exact) mass is 396 g/mol. The number of ether oxygens (including phenoxy) is 3. The first-order valence-corrected chi connectivity index (χ1v) is 9.68. The van der Waals surface area contributed by atoms with E-state index >= 15 is 0 Å². The lowest BCUT2D eigenvalue weighted by Crippen LogP contribution is -2.26. The molecule has 0 saturated carbocycles. The molecule has 154 valence electrons.